The van der Waals surface area contributed by atoms with Crippen LogP contribution in [0, 0.1) is 5.92 Å². The molecule has 3 heterocycles. The first-order valence-corrected chi connectivity index (χ1v) is 12.8. The number of ether oxygens (including phenoxy) is 2. The number of nitrogens with two attached hydrogens (primary N) is 1. The largest absolute Gasteiger partial charge is 0.444 e. The maximum Gasteiger partial charge on any atom is 0.410 e. The van der Waals surface area contributed by atoms with Crippen LogP contribution in [-0.2, 0) is 27.5 Å². The van der Waals surface area contributed by atoms with Crippen LogP contribution in [0.5, 0.6) is 0 Å². The molecule has 1 saturated heterocycles. The molecule has 1 aromatic carbocycles. The number of aliphatic hydroxyl groups excluding tert-OH is 1. The first kappa shape index (κ1) is 27.5. The number of aromatic nitrogens is 3. The summed E-state index contributed by atoms with van der Waals surface area (Å²) in [5.41, 5.74) is 7.26. The van der Waals surface area contributed by atoms with Gasteiger partial charge < -0.3 is 30.5 Å². The van der Waals surface area contributed by atoms with Gasteiger partial charge in [0.25, 0.3) is 0 Å². The average Bonchev–Trinajstić information content (AvgIpc) is 3.34. The molecule has 0 unspecified atom stereocenters. The van der Waals surface area contributed by atoms with Crippen molar-refractivity contribution in [2.75, 3.05) is 26.3 Å². The molecule has 2 aromatic heterocycles. The molecule has 0 aliphatic carbocycles. The zero-order chi connectivity index (χ0) is 27.1. The van der Waals surface area contributed by atoms with E-state index in [1.807, 2.05) is 36.4 Å². The molecule has 1 aliphatic heterocycles. The van der Waals surface area contributed by atoms with Gasteiger partial charge in [0, 0.05) is 31.5 Å². The SMILES string of the molecule is CC(C)(N)C(=O)N[C@H](COCc1ccccc1)c1nnc2ccc(COC(=O)N3CCC(CO)CC3)cn12. The molecule has 0 spiro atoms. The van der Waals surface area contributed by atoms with Gasteiger partial charge in [-0.1, -0.05) is 36.4 Å². The molecule has 1 fully saturated rings. The number of amides is 2. The molecule has 38 heavy (non-hydrogen) atoms. The highest BCUT2D eigenvalue weighted by molar-refractivity contribution is 5.85. The number of pyridine rings is 1. The second-order valence-corrected chi connectivity index (χ2v) is 10.2. The van der Waals surface area contributed by atoms with Crippen LogP contribution >= 0.6 is 0 Å². The van der Waals surface area contributed by atoms with Crippen LogP contribution < -0.4 is 11.1 Å². The van der Waals surface area contributed by atoms with E-state index in [9.17, 15) is 14.7 Å². The fourth-order valence-corrected chi connectivity index (χ4v) is 4.20. The fourth-order valence-electron chi connectivity index (χ4n) is 4.20. The highest BCUT2D eigenvalue weighted by Crippen LogP contribution is 2.19. The minimum Gasteiger partial charge on any atom is -0.444 e. The fraction of sp³-hybridized carbons (Fsp3) is 0.481. The lowest BCUT2D eigenvalue weighted by atomic mass is 9.98. The molecule has 204 valence electrons. The molecule has 0 saturated carbocycles. The van der Waals surface area contributed by atoms with E-state index in [1.165, 1.54) is 0 Å². The third-order valence-electron chi connectivity index (χ3n) is 6.58. The highest BCUT2D eigenvalue weighted by Gasteiger charge is 2.28. The Morgan fingerprint density at radius 2 is 1.84 bits per heavy atom. The van der Waals surface area contributed by atoms with Gasteiger partial charge in [-0.25, -0.2) is 4.79 Å². The molecule has 11 nitrogen and oxygen atoms in total. The number of benzene rings is 1. The van der Waals surface area contributed by atoms with Crippen molar-refractivity contribution in [1.82, 2.24) is 24.8 Å². The maximum absolute atomic E-state index is 12.7. The van der Waals surface area contributed by atoms with Gasteiger partial charge in [0.15, 0.2) is 11.5 Å². The van der Waals surface area contributed by atoms with Crippen molar-refractivity contribution >= 4 is 17.6 Å². The van der Waals surface area contributed by atoms with Crippen molar-refractivity contribution in [3.05, 3.63) is 65.6 Å². The Kier molecular flexibility index (Phi) is 8.93. The summed E-state index contributed by atoms with van der Waals surface area (Å²) in [4.78, 5) is 27.0. The number of likely N-dealkylation sites (tertiary alicyclic amines) is 1. The van der Waals surface area contributed by atoms with Gasteiger partial charge in [-0.3, -0.25) is 9.20 Å². The Hall–Kier alpha value is -3.54. The van der Waals surface area contributed by atoms with Crippen molar-refractivity contribution in [2.45, 2.75) is 51.5 Å². The molecular weight excluding hydrogens is 488 g/mol. The number of nitrogens with zero attached hydrogens (tertiary/aromatic N) is 4. The topological polar surface area (TPSA) is 144 Å². The van der Waals surface area contributed by atoms with E-state index in [0.29, 0.717) is 31.2 Å². The lowest BCUT2D eigenvalue weighted by molar-refractivity contribution is -0.126. The van der Waals surface area contributed by atoms with Crippen molar-refractivity contribution in [3.8, 4) is 0 Å². The smallest absolute Gasteiger partial charge is 0.410 e. The first-order valence-electron chi connectivity index (χ1n) is 12.8. The summed E-state index contributed by atoms with van der Waals surface area (Å²) in [7, 11) is 0. The van der Waals surface area contributed by atoms with Gasteiger partial charge in [-0.05, 0) is 44.2 Å². The predicted octanol–water partition coefficient (Wildman–Crippen LogP) is 2.18. The van der Waals surface area contributed by atoms with Gasteiger partial charge in [0.1, 0.15) is 12.6 Å². The van der Waals surface area contributed by atoms with Gasteiger partial charge in [-0.15, -0.1) is 10.2 Å². The summed E-state index contributed by atoms with van der Waals surface area (Å²) in [6.45, 7) is 5.14. The van der Waals surface area contributed by atoms with E-state index in [2.05, 4.69) is 15.5 Å². The molecule has 4 rings (SSSR count). The zero-order valence-corrected chi connectivity index (χ0v) is 21.9. The average molecular weight is 525 g/mol. The number of nitrogens with one attached hydrogen (secondary N) is 1. The molecular formula is C27H36N6O5. The Morgan fingerprint density at radius 1 is 1.11 bits per heavy atom. The van der Waals surface area contributed by atoms with E-state index >= 15 is 0 Å². The standard InChI is InChI=1S/C27H36N6O5/c1-27(2,28)25(35)29-22(18-37-16-20-6-4-3-5-7-20)24-31-30-23-9-8-21(14-33(23)24)17-38-26(36)32-12-10-19(15-34)11-13-32/h3-9,14,19,22,34H,10-13,15-18,28H2,1-2H3,(H,29,35)/t22-/m1/s1. The van der Waals surface area contributed by atoms with E-state index in [-0.39, 0.29) is 37.7 Å². The number of carbonyl (C=O) groups excluding carboxylic acids is 2. The number of rotatable bonds is 10. The van der Waals surface area contributed by atoms with Gasteiger partial charge >= 0.3 is 6.09 Å². The Balaban J connectivity index is 1.46. The number of hydrogen-bond donors (Lipinski definition) is 3. The van der Waals surface area contributed by atoms with Crippen LogP contribution in [0.1, 0.15) is 49.7 Å². The van der Waals surface area contributed by atoms with Crippen LogP contribution in [0.25, 0.3) is 5.65 Å². The molecule has 11 heteroatoms. The van der Waals surface area contributed by atoms with Crippen molar-refractivity contribution in [2.24, 2.45) is 11.7 Å². The number of piperidine rings is 1. The lowest BCUT2D eigenvalue weighted by Gasteiger charge is -2.30. The molecule has 4 N–H and O–H groups in total. The zero-order valence-electron chi connectivity index (χ0n) is 21.9. The van der Waals surface area contributed by atoms with Crippen molar-refractivity contribution < 1.29 is 24.2 Å². The van der Waals surface area contributed by atoms with Gasteiger partial charge in [-0.2, -0.15) is 0 Å². The third-order valence-corrected chi connectivity index (χ3v) is 6.58. The van der Waals surface area contributed by atoms with E-state index in [4.69, 9.17) is 15.2 Å². The summed E-state index contributed by atoms with van der Waals surface area (Å²) < 4.78 is 13.2. The Labute approximate surface area is 221 Å². The summed E-state index contributed by atoms with van der Waals surface area (Å²) in [6, 6.07) is 12.7. The quantitative estimate of drug-likeness (QED) is 0.366. The highest BCUT2D eigenvalue weighted by atomic mass is 16.6. The number of carbonyl (C=O) groups is 2. The van der Waals surface area contributed by atoms with Crippen LogP contribution in [0.3, 0.4) is 0 Å². The summed E-state index contributed by atoms with van der Waals surface area (Å²) in [5.74, 6) is 0.367. The summed E-state index contributed by atoms with van der Waals surface area (Å²) in [6.07, 6.45) is 2.94. The number of aliphatic hydroxyl groups is 1. The van der Waals surface area contributed by atoms with E-state index in [1.54, 1.807) is 35.4 Å². The number of fused-ring (bicyclic) bond motifs is 1. The summed E-state index contributed by atoms with van der Waals surface area (Å²) in [5, 5.41) is 20.8. The molecule has 3 aromatic rings. The van der Waals surface area contributed by atoms with Gasteiger partial charge in [0.2, 0.25) is 5.91 Å². The van der Waals surface area contributed by atoms with Crippen LogP contribution in [0.4, 0.5) is 4.79 Å². The third kappa shape index (κ3) is 7.06. The first-order chi connectivity index (χ1) is 18.2. The molecule has 1 aliphatic rings. The van der Waals surface area contributed by atoms with Crippen molar-refractivity contribution in [1.29, 1.82) is 0 Å². The molecule has 2 amide bonds. The Bertz CT molecular complexity index is 1220. The molecule has 0 radical (unpaired) electrons. The minimum absolute atomic E-state index is 0.0731. The lowest BCUT2D eigenvalue weighted by Crippen LogP contribution is -2.50. The predicted molar refractivity (Wildman–Crippen MR) is 140 cm³/mol. The molecule has 0 bridgehead atoms. The normalized spacial score (nSPS) is 15.4. The summed E-state index contributed by atoms with van der Waals surface area (Å²) >= 11 is 0. The van der Waals surface area contributed by atoms with Crippen LogP contribution in [0.2, 0.25) is 0 Å². The van der Waals surface area contributed by atoms with Crippen molar-refractivity contribution in [3.63, 3.8) is 0 Å². The monoisotopic (exact) mass is 524 g/mol. The van der Waals surface area contributed by atoms with Crippen LogP contribution in [-0.4, -0.2) is 68.4 Å². The number of hydrogen-bond acceptors (Lipinski definition) is 8. The van der Waals surface area contributed by atoms with E-state index < -0.39 is 11.6 Å². The second-order valence-electron chi connectivity index (χ2n) is 10.2. The second kappa shape index (κ2) is 12.3. The van der Waals surface area contributed by atoms with Crippen LogP contribution in [0.15, 0.2) is 48.7 Å². The Morgan fingerprint density at radius 3 is 2.53 bits per heavy atom. The molecule has 1 atom stereocenters. The minimum atomic E-state index is -1.09. The van der Waals surface area contributed by atoms with Gasteiger partial charge in [0.05, 0.1) is 18.8 Å². The van der Waals surface area contributed by atoms with E-state index in [0.717, 1.165) is 24.0 Å². The maximum atomic E-state index is 12.7.